The highest BCUT2D eigenvalue weighted by Crippen LogP contribution is 2.36. The van der Waals surface area contributed by atoms with E-state index in [4.69, 9.17) is 0 Å². The topological polar surface area (TPSA) is 18.5 Å². The summed E-state index contributed by atoms with van der Waals surface area (Å²) < 4.78 is 0. The molecule has 1 unspecified atom stereocenters. The van der Waals surface area contributed by atoms with Crippen LogP contribution in [0.3, 0.4) is 0 Å². The van der Waals surface area contributed by atoms with E-state index in [1.165, 1.54) is 31.4 Å². The lowest BCUT2D eigenvalue weighted by molar-refractivity contribution is 0.0270. The van der Waals surface area contributed by atoms with Crippen molar-refractivity contribution in [1.82, 2.24) is 15.1 Å². The normalized spacial score (nSPS) is 18.8. The zero-order valence-corrected chi connectivity index (χ0v) is 14.1. The molecular weight excluding hydrogens is 258 g/mol. The summed E-state index contributed by atoms with van der Waals surface area (Å²) in [5.74, 6) is 0. The van der Waals surface area contributed by atoms with Crippen molar-refractivity contribution in [3.05, 3.63) is 35.9 Å². The Balaban J connectivity index is 1.84. The molecule has 0 aliphatic heterocycles. The van der Waals surface area contributed by atoms with Crippen LogP contribution in [0.2, 0.25) is 0 Å². The fourth-order valence-electron chi connectivity index (χ4n) is 3.43. The Morgan fingerprint density at radius 2 is 1.81 bits per heavy atom. The van der Waals surface area contributed by atoms with E-state index >= 15 is 0 Å². The molecule has 0 radical (unpaired) electrons. The first kappa shape index (κ1) is 16.5. The number of hydrogen-bond acceptors (Lipinski definition) is 3. The second-order valence-corrected chi connectivity index (χ2v) is 6.75. The third kappa shape index (κ3) is 4.06. The number of nitrogens with one attached hydrogen (secondary N) is 1. The van der Waals surface area contributed by atoms with Crippen LogP contribution in [-0.2, 0) is 0 Å². The molecule has 1 saturated carbocycles. The summed E-state index contributed by atoms with van der Waals surface area (Å²) >= 11 is 0. The largest absolute Gasteiger partial charge is 0.313 e. The molecule has 118 valence electrons. The molecule has 1 N–H and O–H groups in total. The smallest absolute Gasteiger partial charge is 0.0330 e. The Labute approximate surface area is 130 Å². The second-order valence-electron chi connectivity index (χ2n) is 6.75. The molecule has 2 rings (SSSR count). The van der Waals surface area contributed by atoms with Gasteiger partial charge in [0.1, 0.15) is 0 Å². The molecule has 0 saturated heterocycles. The van der Waals surface area contributed by atoms with Crippen LogP contribution < -0.4 is 5.32 Å². The van der Waals surface area contributed by atoms with Gasteiger partial charge in [0.2, 0.25) is 0 Å². The average Bonchev–Trinajstić information content (AvgIpc) is 2.44. The molecule has 0 bridgehead atoms. The third-order valence-electron chi connectivity index (χ3n) is 5.15. The molecule has 21 heavy (non-hydrogen) atoms. The number of rotatable bonds is 8. The van der Waals surface area contributed by atoms with Gasteiger partial charge >= 0.3 is 0 Å². The first-order valence-corrected chi connectivity index (χ1v) is 8.15. The summed E-state index contributed by atoms with van der Waals surface area (Å²) in [4.78, 5) is 4.94. The lowest BCUT2D eigenvalue weighted by Gasteiger charge is -2.49. The van der Waals surface area contributed by atoms with Crippen molar-refractivity contribution < 1.29 is 0 Å². The minimum atomic E-state index is 0.427. The lowest BCUT2D eigenvalue weighted by atomic mass is 9.75. The first-order valence-electron chi connectivity index (χ1n) is 8.15. The average molecular weight is 289 g/mol. The maximum absolute atomic E-state index is 3.45. The van der Waals surface area contributed by atoms with E-state index in [-0.39, 0.29) is 0 Å². The predicted octanol–water partition coefficient (Wildman–Crippen LogP) is 2.75. The Bertz CT molecular complexity index is 412. The van der Waals surface area contributed by atoms with Crippen LogP contribution in [0, 0.1) is 0 Å². The maximum atomic E-state index is 3.45. The van der Waals surface area contributed by atoms with Gasteiger partial charge in [-0.05, 0) is 66.0 Å². The van der Waals surface area contributed by atoms with Crippen molar-refractivity contribution in [3.8, 4) is 0 Å². The van der Waals surface area contributed by atoms with E-state index in [2.05, 4.69) is 73.6 Å². The number of likely N-dealkylation sites (N-methyl/N-ethyl adjacent to an activating group) is 2. The zero-order valence-electron chi connectivity index (χ0n) is 14.1. The minimum Gasteiger partial charge on any atom is -0.313 e. The Morgan fingerprint density at radius 1 is 1.14 bits per heavy atom. The van der Waals surface area contributed by atoms with Gasteiger partial charge in [-0.25, -0.2) is 0 Å². The van der Waals surface area contributed by atoms with Gasteiger partial charge in [-0.2, -0.15) is 0 Å². The summed E-state index contributed by atoms with van der Waals surface area (Å²) in [6.45, 7) is 2.32. The van der Waals surface area contributed by atoms with Gasteiger partial charge < -0.3 is 15.1 Å². The molecule has 0 aromatic heterocycles. The van der Waals surface area contributed by atoms with Crippen molar-refractivity contribution in [1.29, 1.82) is 0 Å². The van der Waals surface area contributed by atoms with Crippen molar-refractivity contribution in [2.24, 2.45) is 0 Å². The van der Waals surface area contributed by atoms with Crippen molar-refractivity contribution in [3.63, 3.8) is 0 Å². The van der Waals surface area contributed by atoms with E-state index in [0.29, 0.717) is 11.6 Å². The molecule has 1 aliphatic carbocycles. The van der Waals surface area contributed by atoms with Gasteiger partial charge in [0.05, 0.1) is 0 Å². The van der Waals surface area contributed by atoms with E-state index in [1.807, 2.05) is 0 Å². The lowest BCUT2D eigenvalue weighted by Crippen LogP contribution is -2.56. The van der Waals surface area contributed by atoms with Gasteiger partial charge in [0.15, 0.2) is 0 Å². The van der Waals surface area contributed by atoms with Crippen LogP contribution in [0.1, 0.15) is 37.3 Å². The molecule has 0 spiro atoms. The number of nitrogens with zero attached hydrogens (tertiary/aromatic N) is 2. The monoisotopic (exact) mass is 289 g/mol. The molecule has 0 heterocycles. The van der Waals surface area contributed by atoms with Crippen molar-refractivity contribution >= 4 is 0 Å². The quantitative estimate of drug-likeness (QED) is 0.794. The predicted molar refractivity (Wildman–Crippen MR) is 90.6 cm³/mol. The second kappa shape index (κ2) is 7.39. The summed E-state index contributed by atoms with van der Waals surface area (Å²) in [5.41, 5.74) is 1.82. The summed E-state index contributed by atoms with van der Waals surface area (Å²) in [5, 5.41) is 3.45. The number of benzene rings is 1. The maximum Gasteiger partial charge on any atom is 0.0330 e. The van der Waals surface area contributed by atoms with E-state index in [0.717, 1.165) is 13.0 Å². The fraction of sp³-hybridized carbons (Fsp3) is 0.667. The van der Waals surface area contributed by atoms with Gasteiger partial charge in [-0.3, -0.25) is 0 Å². The molecule has 1 aliphatic rings. The molecule has 1 aromatic rings. The van der Waals surface area contributed by atoms with E-state index in [1.54, 1.807) is 0 Å². The van der Waals surface area contributed by atoms with Gasteiger partial charge in [0, 0.05) is 18.1 Å². The highest BCUT2D eigenvalue weighted by Gasteiger charge is 2.39. The fourth-order valence-corrected chi connectivity index (χ4v) is 3.43. The van der Waals surface area contributed by atoms with Crippen LogP contribution in [0.15, 0.2) is 30.3 Å². The van der Waals surface area contributed by atoms with Crippen LogP contribution in [0.25, 0.3) is 0 Å². The molecule has 0 amide bonds. The molecule has 1 atom stereocenters. The SMILES string of the molecule is CNC(CCN(C)CC1(N(C)C)CCC1)c1ccccc1. The molecule has 3 heteroatoms. The van der Waals surface area contributed by atoms with Gasteiger partial charge in [-0.15, -0.1) is 0 Å². The molecular formula is C18H31N3. The minimum absolute atomic E-state index is 0.427. The molecule has 1 fully saturated rings. The number of hydrogen-bond donors (Lipinski definition) is 1. The Morgan fingerprint density at radius 3 is 2.29 bits per heavy atom. The van der Waals surface area contributed by atoms with Crippen LogP contribution in [-0.4, -0.2) is 56.6 Å². The highest BCUT2D eigenvalue weighted by molar-refractivity contribution is 5.18. The standard InChI is InChI=1S/C18H31N3/c1-19-17(16-9-6-5-7-10-16)11-14-21(4)15-18(20(2)3)12-8-13-18/h5-7,9-10,17,19H,8,11-15H2,1-4H3. The van der Waals surface area contributed by atoms with Crippen molar-refractivity contribution in [2.75, 3.05) is 41.3 Å². The van der Waals surface area contributed by atoms with Crippen LogP contribution in [0.5, 0.6) is 0 Å². The van der Waals surface area contributed by atoms with Gasteiger partial charge in [-0.1, -0.05) is 30.3 Å². The van der Waals surface area contributed by atoms with Crippen LogP contribution in [0.4, 0.5) is 0 Å². The third-order valence-corrected chi connectivity index (χ3v) is 5.15. The van der Waals surface area contributed by atoms with Gasteiger partial charge in [0.25, 0.3) is 0 Å². The summed E-state index contributed by atoms with van der Waals surface area (Å²) in [6, 6.07) is 11.2. The van der Waals surface area contributed by atoms with Crippen molar-refractivity contribution in [2.45, 2.75) is 37.3 Å². The molecule has 3 nitrogen and oxygen atoms in total. The van der Waals surface area contributed by atoms with E-state index in [9.17, 15) is 0 Å². The summed E-state index contributed by atoms with van der Waals surface area (Å²) in [7, 11) is 8.78. The summed E-state index contributed by atoms with van der Waals surface area (Å²) in [6.07, 6.45) is 5.23. The Kier molecular flexibility index (Phi) is 5.80. The zero-order chi connectivity index (χ0) is 15.3. The highest BCUT2D eigenvalue weighted by atomic mass is 15.2. The van der Waals surface area contributed by atoms with E-state index < -0.39 is 0 Å². The van der Waals surface area contributed by atoms with Crippen LogP contribution >= 0.6 is 0 Å². The first-order chi connectivity index (χ1) is 10.1. The molecule has 1 aromatic carbocycles. The Hall–Kier alpha value is -0.900.